The molecule has 1 fully saturated rings. The number of hydrogen-bond donors (Lipinski definition) is 1. The van der Waals surface area contributed by atoms with Crippen molar-refractivity contribution in [1.29, 1.82) is 0 Å². The number of carbonyl (C=O) groups is 1. The van der Waals surface area contributed by atoms with Crippen LogP contribution in [0.15, 0.2) is 18.3 Å². The molecule has 1 aliphatic heterocycles. The van der Waals surface area contributed by atoms with Crippen molar-refractivity contribution < 1.29 is 9.53 Å². The van der Waals surface area contributed by atoms with Gasteiger partial charge >= 0.3 is 5.97 Å². The quantitative estimate of drug-likeness (QED) is 0.852. The largest absolute Gasteiger partial charge is 0.465 e. The number of aromatic nitrogens is 3. The Morgan fingerprint density at radius 3 is 3.15 bits per heavy atom. The fourth-order valence-corrected chi connectivity index (χ4v) is 2.57. The Bertz CT molecular complexity index is 617. The average Bonchev–Trinajstić information content (AvgIpc) is 2.88. The van der Waals surface area contributed by atoms with Crippen molar-refractivity contribution in [3.8, 4) is 0 Å². The van der Waals surface area contributed by atoms with Gasteiger partial charge in [0.2, 0.25) is 0 Å². The second-order valence-corrected chi connectivity index (χ2v) is 5.09. The fraction of sp³-hybridized carbons (Fsp3) is 0.500. The van der Waals surface area contributed by atoms with Gasteiger partial charge in [-0.05, 0) is 31.5 Å². The van der Waals surface area contributed by atoms with E-state index in [1.165, 1.54) is 26.4 Å². The van der Waals surface area contributed by atoms with Crippen LogP contribution in [0, 0.1) is 0 Å². The minimum absolute atomic E-state index is 0.363. The molecule has 1 aliphatic rings. The lowest BCUT2D eigenvalue weighted by Gasteiger charge is -2.21. The van der Waals surface area contributed by atoms with Crippen molar-refractivity contribution >= 4 is 11.6 Å². The number of piperidine rings is 1. The van der Waals surface area contributed by atoms with Gasteiger partial charge in [0.15, 0.2) is 11.5 Å². The number of fused-ring (bicyclic) bond motifs is 1. The lowest BCUT2D eigenvalue weighted by Crippen LogP contribution is -2.35. The first-order valence-electron chi connectivity index (χ1n) is 6.93. The van der Waals surface area contributed by atoms with E-state index < -0.39 is 0 Å². The average molecular weight is 274 g/mol. The van der Waals surface area contributed by atoms with Gasteiger partial charge in [0.1, 0.15) is 0 Å². The van der Waals surface area contributed by atoms with Crippen LogP contribution in [0.5, 0.6) is 0 Å². The van der Waals surface area contributed by atoms with Crippen LogP contribution in [-0.4, -0.2) is 40.3 Å². The zero-order chi connectivity index (χ0) is 13.9. The summed E-state index contributed by atoms with van der Waals surface area (Å²) in [4.78, 5) is 16.0. The molecule has 6 heteroatoms. The standard InChI is InChI=1S/C14H18N4O2/c1-20-14(19)10-5-6-13-16-12(17-18(13)9-10)8-11-4-2-3-7-15-11/h5-6,9,11,15H,2-4,7-8H2,1H3. The Morgan fingerprint density at radius 1 is 1.50 bits per heavy atom. The molecule has 1 saturated heterocycles. The number of esters is 1. The molecule has 0 radical (unpaired) electrons. The number of nitrogens with zero attached hydrogens (tertiary/aromatic N) is 3. The van der Waals surface area contributed by atoms with Crippen LogP contribution >= 0.6 is 0 Å². The monoisotopic (exact) mass is 274 g/mol. The van der Waals surface area contributed by atoms with E-state index in [-0.39, 0.29) is 5.97 Å². The van der Waals surface area contributed by atoms with E-state index >= 15 is 0 Å². The molecule has 1 N–H and O–H groups in total. The van der Waals surface area contributed by atoms with Crippen molar-refractivity contribution in [3.63, 3.8) is 0 Å². The second kappa shape index (κ2) is 5.58. The van der Waals surface area contributed by atoms with Gasteiger partial charge in [-0.1, -0.05) is 6.42 Å². The maximum absolute atomic E-state index is 11.5. The molecule has 3 rings (SSSR count). The number of methoxy groups -OCH3 is 1. The lowest BCUT2D eigenvalue weighted by atomic mass is 10.0. The minimum atomic E-state index is -0.363. The van der Waals surface area contributed by atoms with E-state index in [4.69, 9.17) is 4.74 Å². The first-order valence-corrected chi connectivity index (χ1v) is 6.93. The summed E-state index contributed by atoms with van der Waals surface area (Å²) in [6.45, 7) is 1.07. The summed E-state index contributed by atoms with van der Waals surface area (Å²) in [6.07, 6.45) is 6.17. The molecule has 0 spiro atoms. The number of carbonyl (C=O) groups excluding carboxylic acids is 1. The van der Waals surface area contributed by atoms with Crippen LogP contribution in [0.25, 0.3) is 5.65 Å². The molecule has 0 saturated carbocycles. The molecular weight excluding hydrogens is 256 g/mol. The van der Waals surface area contributed by atoms with Crippen molar-refractivity contribution in [2.45, 2.75) is 31.7 Å². The molecule has 6 nitrogen and oxygen atoms in total. The molecule has 106 valence electrons. The zero-order valence-corrected chi connectivity index (χ0v) is 11.5. The highest BCUT2D eigenvalue weighted by Gasteiger charge is 2.16. The lowest BCUT2D eigenvalue weighted by molar-refractivity contribution is 0.0600. The summed E-state index contributed by atoms with van der Waals surface area (Å²) in [7, 11) is 1.37. The number of rotatable bonds is 3. The number of ether oxygens (including phenoxy) is 1. The van der Waals surface area contributed by atoms with Gasteiger partial charge < -0.3 is 10.1 Å². The summed E-state index contributed by atoms with van der Waals surface area (Å²) in [5.74, 6) is 0.448. The topological polar surface area (TPSA) is 68.5 Å². The molecule has 0 aliphatic carbocycles. The Balaban J connectivity index is 1.81. The van der Waals surface area contributed by atoms with Gasteiger partial charge in [0.05, 0.1) is 12.7 Å². The molecule has 2 aromatic rings. The van der Waals surface area contributed by atoms with Gasteiger partial charge in [-0.25, -0.2) is 14.3 Å². The number of nitrogens with one attached hydrogen (secondary N) is 1. The molecule has 2 aromatic heterocycles. The van der Waals surface area contributed by atoms with Crippen LogP contribution in [0.3, 0.4) is 0 Å². The summed E-state index contributed by atoms with van der Waals surface area (Å²) in [5.41, 5.74) is 1.23. The molecule has 0 amide bonds. The van der Waals surface area contributed by atoms with E-state index in [1.54, 1.807) is 22.8 Å². The first-order chi connectivity index (χ1) is 9.76. The molecule has 0 aromatic carbocycles. The Hall–Kier alpha value is -1.95. The van der Waals surface area contributed by atoms with E-state index in [0.717, 1.165) is 24.4 Å². The smallest absolute Gasteiger partial charge is 0.339 e. The van der Waals surface area contributed by atoms with E-state index in [9.17, 15) is 4.79 Å². The third kappa shape index (κ3) is 2.65. The van der Waals surface area contributed by atoms with Crippen LogP contribution in [-0.2, 0) is 11.2 Å². The van der Waals surface area contributed by atoms with E-state index in [2.05, 4.69) is 15.4 Å². The Kier molecular flexibility index (Phi) is 3.64. The van der Waals surface area contributed by atoms with Gasteiger partial charge in [0.25, 0.3) is 0 Å². The van der Waals surface area contributed by atoms with Crippen LogP contribution in [0.1, 0.15) is 35.4 Å². The van der Waals surface area contributed by atoms with Crippen molar-refractivity contribution in [3.05, 3.63) is 29.7 Å². The minimum Gasteiger partial charge on any atom is -0.465 e. The number of pyridine rings is 1. The molecule has 1 unspecified atom stereocenters. The highest BCUT2D eigenvalue weighted by molar-refractivity contribution is 5.89. The van der Waals surface area contributed by atoms with Gasteiger partial charge in [-0.2, -0.15) is 5.10 Å². The third-order valence-corrected chi connectivity index (χ3v) is 3.64. The SMILES string of the molecule is COC(=O)c1ccc2nc(CC3CCCCN3)nn2c1. The summed E-state index contributed by atoms with van der Waals surface area (Å²) < 4.78 is 6.35. The van der Waals surface area contributed by atoms with Gasteiger partial charge in [-0.3, -0.25) is 0 Å². The normalized spacial score (nSPS) is 19.1. The predicted octanol–water partition coefficient (Wildman–Crippen LogP) is 1.20. The van der Waals surface area contributed by atoms with E-state index in [0.29, 0.717) is 11.6 Å². The van der Waals surface area contributed by atoms with Crippen molar-refractivity contribution in [2.75, 3.05) is 13.7 Å². The van der Waals surface area contributed by atoms with Gasteiger partial charge in [0, 0.05) is 18.7 Å². The maximum atomic E-state index is 11.5. The van der Waals surface area contributed by atoms with Crippen LogP contribution in [0.4, 0.5) is 0 Å². The fourth-order valence-electron chi connectivity index (χ4n) is 2.57. The third-order valence-electron chi connectivity index (χ3n) is 3.64. The Labute approximate surface area is 117 Å². The van der Waals surface area contributed by atoms with Crippen LogP contribution < -0.4 is 5.32 Å². The Morgan fingerprint density at radius 2 is 2.40 bits per heavy atom. The van der Waals surface area contributed by atoms with Gasteiger partial charge in [-0.15, -0.1) is 0 Å². The summed E-state index contributed by atoms with van der Waals surface area (Å²) in [6, 6.07) is 3.96. The number of hydrogen-bond acceptors (Lipinski definition) is 5. The first kappa shape index (κ1) is 13.1. The zero-order valence-electron chi connectivity index (χ0n) is 11.5. The maximum Gasteiger partial charge on any atom is 0.339 e. The molecule has 3 heterocycles. The predicted molar refractivity (Wildman–Crippen MR) is 73.7 cm³/mol. The molecule has 1 atom stereocenters. The van der Waals surface area contributed by atoms with Crippen molar-refractivity contribution in [1.82, 2.24) is 19.9 Å². The van der Waals surface area contributed by atoms with Crippen molar-refractivity contribution in [2.24, 2.45) is 0 Å². The van der Waals surface area contributed by atoms with Crippen LogP contribution in [0.2, 0.25) is 0 Å². The highest BCUT2D eigenvalue weighted by atomic mass is 16.5. The highest BCUT2D eigenvalue weighted by Crippen LogP contribution is 2.12. The molecular formula is C14H18N4O2. The molecule has 20 heavy (non-hydrogen) atoms. The summed E-state index contributed by atoms with van der Waals surface area (Å²) >= 11 is 0. The van der Waals surface area contributed by atoms with E-state index in [1.807, 2.05) is 0 Å². The second-order valence-electron chi connectivity index (χ2n) is 5.09. The summed E-state index contributed by atoms with van der Waals surface area (Å²) in [5, 5.41) is 7.93. The molecule has 0 bridgehead atoms.